The molecule has 2 rings (SSSR count). The average Bonchev–Trinajstić information content (AvgIpc) is 2.46. The maximum Gasteiger partial charge on any atom is 0.305 e. The van der Waals surface area contributed by atoms with Gasteiger partial charge in [0.2, 0.25) is 0 Å². The zero-order chi connectivity index (χ0) is 16.3. The molecule has 1 aromatic carbocycles. The molecule has 4 nitrogen and oxygen atoms in total. The van der Waals surface area contributed by atoms with Gasteiger partial charge in [0.1, 0.15) is 0 Å². The topological polar surface area (TPSA) is 57.6 Å². The third-order valence-corrected chi connectivity index (χ3v) is 5.19. The third kappa shape index (κ3) is 3.96. The van der Waals surface area contributed by atoms with E-state index in [1.807, 2.05) is 19.9 Å². The van der Waals surface area contributed by atoms with Gasteiger partial charge in [0.15, 0.2) is 0 Å². The molecule has 1 saturated heterocycles. The van der Waals surface area contributed by atoms with Crippen molar-refractivity contribution in [3.8, 4) is 0 Å². The largest absolute Gasteiger partial charge is 0.481 e. The molecule has 1 amide bonds. The van der Waals surface area contributed by atoms with Gasteiger partial charge in [-0.2, -0.15) is 11.8 Å². The van der Waals surface area contributed by atoms with E-state index in [0.29, 0.717) is 28.8 Å². The molecule has 1 aliphatic rings. The number of carboxylic acid groups (broad SMARTS) is 1. The van der Waals surface area contributed by atoms with Crippen LogP contribution in [0.5, 0.6) is 0 Å². The van der Waals surface area contributed by atoms with Crippen molar-refractivity contribution in [2.24, 2.45) is 0 Å². The Hall–Kier alpha value is -1.20. The van der Waals surface area contributed by atoms with Crippen molar-refractivity contribution in [2.75, 3.05) is 18.1 Å². The van der Waals surface area contributed by atoms with Crippen LogP contribution in [0.3, 0.4) is 0 Å². The van der Waals surface area contributed by atoms with E-state index < -0.39 is 5.97 Å². The lowest BCUT2D eigenvalue weighted by atomic mass is 10.0. The summed E-state index contributed by atoms with van der Waals surface area (Å²) in [5.41, 5.74) is 1.53. The van der Waals surface area contributed by atoms with Gasteiger partial charge in [-0.25, -0.2) is 0 Å². The molecular weight excluding hydrogens is 322 g/mol. The minimum absolute atomic E-state index is 0.0173. The molecule has 120 valence electrons. The summed E-state index contributed by atoms with van der Waals surface area (Å²) >= 11 is 7.95. The molecule has 1 heterocycles. The van der Waals surface area contributed by atoms with Gasteiger partial charge >= 0.3 is 5.97 Å². The molecule has 1 N–H and O–H groups in total. The number of rotatable bonds is 4. The van der Waals surface area contributed by atoms with Crippen molar-refractivity contribution in [3.05, 3.63) is 34.3 Å². The lowest BCUT2D eigenvalue weighted by Crippen LogP contribution is -2.47. The first-order chi connectivity index (χ1) is 10.4. The second-order valence-corrected chi connectivity index (χ2v) is 7.27. The Kier molecular flexibility index (Phi) is 5.75. The number of aliphatic carboxylic acids is 1. The normalized spacial score (nSPS) is 18.5. The van der Waals surface area contributed by atoms with E-state index in [1.165, 1.54) is 0 Å². The van der Waals surface area contributed by atoms with Crippen molar-refractivity contribution in [1.29, 1.82) is 0 Å². The molecule has 0 aromatic heterocycles. The number of amides is 1. The summed E-state index contributed by atoms with van der Waals surface area (Å²) in [6.07, 6.45) is -0.0173. The summed E-state index contributed by atoms with van der Waals surface area (Å²) in [4.78, 5) is 25.3. The molecule has 1 unspecified atom stereocenters. The van der Waals surface area contributed by atoms with E-state index in [2.05, 4.69) is 0 Å². The minimum Gasteiger partial charge on any atom is -0.481 e. The highest BCUT2D eigenvalue weighted by molar-refractivity contribution is 7.99. The zero-order valence-corrected chi connectivity index (χ0v) is 14.3. The Labute approximate surface area is 139 Å². The van der Waals surface area contributed by atoms with Crippen LogP contribution in [0.25, 0.3) is 0 Å². The van der Waals surface area contributed by atoms with E-state index >= 15 is 0 Å². The molecule has 0 aliphatic carbocycles. The zero-order valence-electron chi connectivity index (χ0n) is 12.7. The Morgan fingerprint density at radius 1 is 1.45 bits per heavy atom. The number of thioether (sulfide) groups is 1. The second kappa shape index (κ2) is 7.38. The van der Waals surface area contributed by atoms with Crippen LogP contribution in [0.1, 0.15) is 42.1 Å². The summed E-state index contributed by atoms with van der Waals surface area (Å²) in [7, 11) is 0. The van der Waals surface area contributed by atoms with Gasteiger partial charge < -0.3 is 10.0 Å². The van der Waals surface area contributed by atoms with Gasteiger partial charge in [-0.1, -0.05) is 31.5 Å². The number of benzene rings is 1. The standard InChI is InChI=1S/C16H20ClNO3S/c1-10(2)13-4-3-11(7-14(13)17)16(21)18-5-6-22-9-12(18)8-15(19)20/h3-4,7,10,12H,5-6,8-9H2,1-2H3,(H,19,20). The number of nitrogens with zero attached hydrogens (tertiary/aromatic N) is 1. The SMILES string of the molecule is CC(C)c1ccc(C(=O)N2CCSCC2CC(=O)O)cc1Cl. The fourth-order valence-corrected chi connectivity index (χ4v) is 4.05. The molecule has 1 atom stereocenters. The fourth-order valence-electron chi connectivity index (χ4n) is 2.59. The maximum atomic E-state index is 12.7. The number of carboxylic acids is 1. The van der Waals surface area contributed by atoms with Gasteiger partial charge in [0, 0.05) is 28.6 Å². The summed E-state index contributed by atoms with van der Waals surface area (Å²) in [5.74, 6) is 0.778. The van der Waals surface area contributed by atoms with Crippen molar-refractivity contribution in [2.45, 2.75) is 32.2 Å². The highest BCUT2D eigenvalue weighted by Crippen LogP contribution is 2.27. The summed E-state index contributed by atoms with van der Waals surface area (Å²) in [5, 5.41) is 9.59. The van der Waals surface area contributed by atoms with Crippen LogP contribution in [-0.4, -0.2) is 46.0 Å². The summed E-state index contributed by atoms with van der Waals surface area (Å²) < 4.78 is 0. The van der Waals surface area contributed by atoms with Crippen molar-refractivity contribution < 1.29 is 14.7 Å². The van der Waals surface area contributed by atoms with Gasteiger partial charge in [-0.05, 0) is 23.6 Å². The highest BCUT2D eigenvalue weighted by Gasteiger charge is 2.29. The molecule has 6 heteroatoms. The lowest BCUT2D eigenvalue weighted by molar-refractivity contribution is -0.138. The first kappa shape index (κ1) is 17.2. The highest BCUT2D eigenvalue weighted by atomic mass is 35.5. The quantitative estimate of drug-likeness (QED) is 0.910. The van der Waals surface area contributed by atoms with E-state index in [0.717, 1.165) is 11.3 Å². The van der Waals surface area contributed by atoms with E-state index in [4.69, 9.17) is 16.7 Å². The first-order valence-corrected chi connectivity index (χ1v) is 8.83. The van der Waals surface area contributed by atoms with Crippen molar-refractivity contribution in [3.63, 3.8) is 0 Å². The molecule has 0 bridgehead atoms. The molecule has 0 radical (unpaired) electrons. The van der Waals surface area contributed by atoms with Gasteiger partial charge in [0.05, 0.1) is 12.5 Å². The second-order valence-electron chi connectivity index (χ2n) is 5.72. The Morgan fingerprint density at radius 2 is 2.18 bits per heavy atom. The predicted octanol–water partition coefficient (Wildman–Crippen LogP) is 3.50. The van der Waals surface area contributed by atoms with Crippen molar-refractivity contribution in [1.82, 2.24) is 4.90 Å². The Balaban J connectivity index is 2.21. The van der Waals surface area contributed by atoms with Gasteiger partial charge in [-0.3, -0.25) is 9.59 Å². The third-order valence-electron chi connectivity index (χ3n) is 3.77. The molecule has 1 fully saturated rings. The van der Waals surface area contributed by atoms with Crippen molar-refractivity contribution >= 4 is 35.2 Å². The fraction of sp³-hybridized carbons (Fsp3) is 0.500. The smallest absolute Gasteiger partial charge is 0.305 e. The van der Waals surface area contributed by atoms with Crippen LogP contribution in [0.15, 0.2) is 18.2 Å². The van der Waals surface area contributed by atoms with Gasteiger partial charge in [0.25, 0.3) is 5.91 Å². The monoisotopic (exact) mass is 341 g/mol. The average molecular weight is 342 g/mol. The number of hydrogen-bond donors (Lipinski definition) is 1. The number of halogens is 1. The predicted molar refractivity (Wildman–Crippen MR) is 89.9 cm³/mol. The number of carbonyl (C=O) groups excluding carboxylic acids is 1. The van der Waals surface area contributed by atoms with Crippen LogP contribution in [0.4, 0.5) is 0 Å². The number of hydrogen-bond acceptors (Lipinski definition) is 3. The van der Waals surface area contributed by atoms with Crippen LogP contribution in [0.2, 0.25) is 5.02 Å². The van der Waals surface area contributed by atoms with Crippen LogP contribution >= 0.6 is 23.4 Å². The molecule has 1 aromatic rings. The molecule has 1 aliphatic heterocycles. The van der Waals surface area contributed by atoms with Crippen LogP contribution in [0, 0.1) is 0 Å². The first-order valence-electron chi connectivity index (χ1n) is 7.30. The van der Waals surface area contributed by atoms with E-state index in [1.54, 1.807) is 28.8 Å². The number of carbonyl (C=O) groups is 2. The van der Waals surface area contributed by atoms with E-state index in [-0.39, 0.29) is 18.4 Å². The Morgan fingerprint density at radius 3 is 2.77 bits per heavy atom. The summed E-state index contributed by atoms with van der Waals surface area (Å²) in [6, 6.07) is 5.10. The molecular formula is C16H20ClNO3S. The Bertz CT molecular complexity index is 577. The minimum atomic E-state index is -0.876. The molecule has 22 heavy (non-hydrogen) atoms. The molecule has 0 saturated carbocycles. The van der Waals surface area contributed by atoms with Crippen LogP contribution in [-0.2, 0) is 4.79 Å². The van der Waals surface area contributed by atoms with Crippen LogP contribution < -0.4 is 0 Å². The molecule has 0 spiro atoms. The van der Waals surface area contributed by atoms with E-state index in [9.17, 15) is 9.59 Å². The lowest BCUT2D eigenvalue weighted by Gasteiger charge is -2.34. The van der Waals surface area contributed by atoms with Gasteiger partial charge in [-0.15, -0.1) is 0 Å². The summed E-state index contributed by atoms with van der Waals surface area (Å²) in [6.45, 7) is 4.67. The maximum absolute atomic E-state index is 12.7.